The first-order chi connectivity index (χ1) is 17.5. The lowest BCUT2D eigenvalue weighted by Gasteiger charge is -2.09. The predicted molar refractivity (Wildman–Crippen MR) is 172 cm³/mol. The third-order valence-corrected chi connectivity index (χ3v) is 9.68. The van der Waals surface area contributed by atoms with Gasteiger partial charge in [0, 0.05) is 35.3 Å². The van der Waals surface area contributed by atoms with Crippen LogP contribution in [0, 0.1) is 0 Å². The minimum atomic E-state index is -0.0274. The molecule has 4 rings (SSSR count). The zero-order chi connectivity index (χ0) is 27.4. The number of H-pyrrole nitrogens is 2. The van der Waals surface area contributed by atoms with Gasteiger partial charge in [-0.3, -0.25) is 4.79 Å². The third-order valence-electron chi connectivity index (χ3n) is 5.63. The summed E-state index contributed by atoms with van der Waals surface area (Å²) in [6.45, 7) is 4.28. The van der Waals surface area contributed by atoms with Crippen molar-refractivity contribution >= 4 is 123 Å². The molecule has 2 heterocycles. The maximum Gasteiger partial charge on any atom is 0.216 e. The van der Waals surface area contributed by atoms with Crippen molar-refractivity contribution in [2.45, 2.75) is 33.1 Å². The number of carbonyl (C=O) groups excluding carboxylic acids is 1. The molecule has 0 saturated carbocycles. The highest BCUT2D eigenvalue weighted by molar-refractivity contribution is 9.11. The lowest BCUT2D eigenvalue weighted by molar-refractivity contribution is -0.118. The molecule has 0 radical (unpaired) electrons. The molecule has 0 aliphatic carbocycles. The Bertz CT molecular complexity index is 1450. The molecule has 0 unspecified atom stereocenters. The van der Waals surface area contributed by atoms with E-state index in [1.807, 2.05) is 12.1 Å². The van der Waals surface area contributed by atoms with Gasteiger partial charge < -0.3 is 24.8 Å². The maximum atomic E-state index is 11.0. The van der Waals surface area contributed by atoms with E-state index in [-0.39, 0.29) is 5.91 Å². The minimum Gasteiger partial charge on any atom is -0.494 e. The van der Waals surface area contributed by atoms with Gasteiger partial charge in [-0.15, -0.1) is 0 Å². The fourth-order valence-electron chi connectivity index (χ4n) is 4.05. The number of methoxy groups -OCH3 is 2. The molecule has 2 aromatic carbocycles. The van der Waals surface area contributed by atoms with Crippen molar-refractivity contribution in [3.05, 3.63) is 50.4 Å². The van der Waals surface area contributed by atoms with Crippen LogP contribution < -0.4 is 14.8 Å². The number of hydrogen-bond acceptors (Lipinski definition) is 3. The molecular weight excluding hydrogens is 870 g/mol. The normalized spacial score (nSPS) is 11.0. The Morgan fingerprint density at radius 2 is 1.24 bits per heavy atom. The summed E-state index contributed by atoms with van der Waals surface area (Å²) in [6.07, 6.45) is 2.86. The van der Waals surface area contributed by atoms with Crippen LogP contribution in [0.25, 0.3) is 21.8 Å². The summed E-state index contributed by atoms with van der Waals surface area (Å²) < 4.78 is 16.5. The van der Waals surface area contributed by atoms with Gasteiger partial charge in [-0.2, -0.15) is 0 Å². The van der Waals surface area contributed by atoms with Gasteiger partial charge in [0.2, 0.25) is 5.91 Å². The zero-order valence-electron chi connectivity index (χ0n) is 20.5. The fourth-order valence-corrected chi connectivity index (χ4v) is 8.64. The van der Waals surface area contributed by atoms with E-state index >= 15 is 0 Å². The summed E-state index contributed by atoms with van der Waals surface area (Å²) in [5.41, 5.74) is 4.49. The Labute approximate surface area is 266 Å². The fraction of sp³-hybridized carbons (Fsp3) is 0.320. The molecule has 0 fully saturated rings. The zero-order valence-corrected chi connectivity index (χ0v) is 30.0. The number of amides is 1. The third kappa shape index (κ3) is 6.80. The Balaban J connectivity index is 0.000000208. The Morgan fingerprint density at radius 3 is 1.62 bits per heavy atom. The van der Waals surface area contributed by atoms with Gasteiger partial charge in [0.25, 0.3) is 0 Å². The highest BCUT2D eigenvalue weighted by atomic mass is 79.9. The number of nitrogens with one attached hydrogen (secondary N) is 3. The molecule has 4 aromatic rings. The SMILES string of the molecule is CCCc1c(Br)[nH]c2cc(Br)c(OC)c(Br)c12.COc1c(Br)cc2[nH]c(Br)c(CCNC(C)=O)c2c1Br. The van der Waals surface area contributed by atoms with Gasteiger partial charge in [0.05, 0.1) is 41.3 Å². The van der Waals surface area contributed by atoms with Crippen molar-refractivity contribution < 1.29 is 14.3 Å². The number of carbonyl (C=O) groups is 1. The molecule has 0 aliphatic heterocycles. The summed E-state index contributed by atoms with van der Waals surface area (Å²) in [5, 5.41) is 5.06. The summed E-state index contributed by atoms with van der Waals surface area (Å²) >= 11 is 21.3. The van der Waals surface area contributed by atoms with Crippen LogP contribution in [0.4, 0.5) is 0 Å². The molecule has 3 N–H and O–H groups in total. The van der Waals surface area contributed by atoms with Gasteiger partial charge in [0.15, 0.2) is 0 Å². The first kappa shape index (κ1) is 31.0. The number of halogens is 6. The van der Waals surface area contributed by atoms with E-state index in [0.29, 0.717) is 6.54 Å². The molecule has 1 amide bonds. The number of ether oxygens (including phenoxy) is 2. The van der Waals surface area contributed by atoms with Gasteiger partial charge >= 0.3 is 0 Å². The molecule has 0 atom stereocenters. The van der Waals surface area contributed by atoms with Crippen molar-refractivity contribution in [3.63, 3.8) is 0 Å². The first-order valence-corrected chi connectivity index (χ1v) is 16.0. The number of aromatic nitrogens is 2. The second-order valence-electron chi connectivity index (χ2n) is 8.07. The van der Waals surface area contributed by atoms with Crippen LogP contribution in [-0.4, -0.2) is 36.6 Å². The van der Waals surface area contributed by atoms with Gasteiger partial charge in [-0.25, -0.2) is 0 Å². The highest BCUT2D eigenvalue weighted by Gasteiger charge is 2.19. The molecule has 0 bridgehead atoms. The van der Waals surface area contributed by atoms with Crippen molar-refractivity contribution in [2.75, 3.05) is 20.8 Å². The number of hydrogen-bond donors (Lipinski definition) is 3. The molecule has 12 heteroatoms. The topological polar surface area (TPSA) is 79.1 Å². The predicted octanol–water partition coefficient (Wildman–Crippen LogP) is 9.56. The monoisotopic (exact) mass is 889 g/mol. The van der Waals surface area contributed by atoms with Gasteiger partial charge in [-0.05, 0) is 132 Å². The Hall–Kier alpha value is -0.530. The second kappa shape index (κ2) is 13.7. The van der Waals surface area contributed by atoms with Gasteiger partial charge in [-0.1, -0.05) is 13.3 Å². The Kier molecular flexibility index (Phi) is 11.5. The highest BCUT2D eigenvalue weighted by Crippen LogP contribution is 2.44. The molecular formula is C25H25Br6N3O3. The molecule has 0 spiro atoms. The lowest BCUT2D eigenvalue weighted by atomic mass is 10.1. The number of fused-ring (bicyclic) bond motifs is 2. The standard InChI is InChI=1S/C13H13Br3N2O2.C12H12Br3NO/c1-6(19)17-4-3-7-10-9(18-13(7)16)5-8(14)12(20-2)11(10)15;1-3-4-6-9-8(16-12(6)15)5-7(13)11(17-2)10(9)14/h5,18H,3-4H2,1-2H3,(H,17,19);5,16H,3-4H2,1-2H3. The van der Waals surface area contributed by atoms with Crippen LogP contribution in [0.3, 0.4) is 0 Å². The van der Waals surface area contributed by atoms with E-state index in [1.165, 1.54) is 17.9 Å². The van der Waals surface area contributed by atoms with E-state index in [0.717, 1.165) is 79.8 Å². The van der Waals surface area contributed by atoms with Crippen molar-refractivity contribution in [3.8, 4) is 11.5 Å². The van der Waals surface area contributed by atoms with Gasteiger partial charge in [0.1, 0.15) is 11.5 Å². The van der Waals surface area contributed by atoms with Crippen LogP contribution in [0.15, 0.2) is 39.2 Å². The molecule has 37 heavy (non-hydrogen) atoms. The number of aryl methyl sites for hydroxylation is 1. The average molecular weight is 895 g/mol. The lowest BCUT2D eigenvalue weighted by Crippen LogP contribution is -2.22. The van der Waals surface area contributed by atoms with E-state index in [9.17, 15) is 4.79 Å². The number of rotatable bonds is 7. The molecule has 6 nitrogen and oxygen atoms in total. The van der Waals surface area contributed by atoms with E-state index in [1.54, 1.807) is 14.2 Å². The summed E-state index contributed by atoms with van der Waals surface area (Å²) in [6, 6.07) is 4.02. The van der Waals surface area contributed by atoms with Crippen molar-refractivity contribution in [2.24, 2.45) is 0 Å². The van der Waals surface area contributed by atoms with E-state index < -0.39 is 0 Å². The second-order valence-corrected chi connectivity index (χ2v) is 13.0. The smallest absolute Gasteiger partial charge is 0.216 e. The van der Waals surface area contributed by atoms with E-state index in [4.69, 9.17) is 9.47 Å². The van der Waals surface area contributed by atoms with Crippen LogP contribution >= 0.6 is 95.6 Å². The van der Waals surface area contributed by atoms with Crippen LogP contribution in [0.2, 0.25) is 0 Å². The van der Waals surface area contributed by atoms with Crippen LogP contribution in [0.5, 0.6) is 11.5 Å². The number of benzene rings is 2. The minimum absolute atomic E-state index is 0.0274. The first-order valence-electron chi connectivity index (χ1n) is 11.2. The van der Waals surface area contributed by atoms with Crippen molar-refractivity contribution in [1.82, 2.24) is 15.3 Å². The molecule has 0 saturated heterocycles. The Morgan fingerprint density at radius 1 is 0.811 bits per heavy atom. The van der Waals surface area contributed by atoms with Crippen LogP contribution in [-0.2, 0) is 17.6 Å². The average Bonchev–Trinajstić information content (AvgIpc) is 3.30. The maximum absolute atomic E-state index is 11.0. The van der Waals surface area contributed by atoms with Crippen LogP contribution in [0.1, 0.15) is 31.4 Å². The summed E-state index contributed by atoms with van der Waals surface area (Å²) in [4.78, 5) is 17.6. The van der Waals surface area contributed by atoms with Crippen molar-refractivity contribution in [1.29, 1.82) is 0 Å². The summed E-state index contributed by atoms with van der Waals surface area (Å²) in [5.74, 6) is 1.56. The molecule has 2 aromatic heterocycles. The number of aromatic amines is 2. The molecule has 0 aliphatic rings. The molecule has 200 valence electrons. The van der Waals surface area contributed by atoms with E-state index in [2.05, 4.69) is 118 Å². The quantitative estimate of drug-likeness (QED) is 0.173. The summed E-state index contributed by atoms with van der Waals surface area (Å²) in [7, 11) is 3.31. The largest absolute Gasteiger partial charge is 0.494 e.